The number of nitrogens with zero attached hydrogens (tertiary/aromatic N) is 1. The molecule has 0 amide bonds. The van der Waals surface area contributed by atoms with E-state index in [0.717, 1.165) is 15.7 Å². The van der Waals surface area contributed by atoms with Gasteiger partial charge in [0.05, 0.1) is 11.4 Å². The molecule has 3 rings (SSSR count). The van der Waals surface area contributed by atoms with Gasteiger partial charge in [0, 0.05) is 27.7 Å². The Kier molecular flexibility index (Phi) is 4.49. The third-order valence-electron chi connectivity index (χ3n) is 3.93. The molecule has 0 radical (unpaired) electrons. The van der Waals surface area contributed by atoms with Crippen molar-refractivity contribution >= 4 is 21.7 Å². The highest BCUT2D eigenvalue weighted by Crippen LogP contribution is 2.29. The largest absolute Gasteiger partial charge is 0.354 e. The van der Waals surface area contributed by atoms with Gasteiger partial charge in [0.15, 0.2) is 0 Å². The van der Waals surface area contributed by atoms with Gasteiger partial charge in [-0.25, -0.2) is 5.10 Å². The molecule has 0 aliphatic rings. The molecule has 0 bridgehead atoms. The van der Waals surface area contributed by atoms with Crippen LogP contribution in [-0.4, -0.2) is 21.0 Å². The van der Waals surface area contributed by atoms with Crippen molar-refractivity contribution in [1.82, 2.24) is 15.2 Å². The van der Waals surface area contributed by atoms with E-state index in [0.29, 0.717) is 17.0 Å². The zero-order valence-electron chi connectivity index (χ0n) is 13.3. The molecule has 2 aromatic heterocycles. The SMILES string of the molecule is Cc1ccc(C(=O)c2cc(Br)c(C(C)c3ccc(=O)[nH]n3)[nH]2)cc1. The number of aromatic amines is 2. The first-order valence-electron chi connectivity index (χ1n) is 7.51. The summed E-state index contributed by atoms with van der Waals surface area (Å²) in [6, 6.07) is 12.4. The summed E-state index contributed by atoms with van der Waals surface area (Å²) in [5, 5.41) is 6.48. The normalized spacial score (nSPS) is 12.1. The summed E-state index contributed by atoms with van der Waals surface area (Å²) < 4.78 is 0.804. The van der Waals surface area contributed by atoms with Crippen LogP contribution in [0.25, 0.3) is 0 Å². The molecular weight excluding hydrogens is 370 g/mol. The number of carbonyl (C=O) groups is 1. The van der Waals surface area contributed by atoms with Gasteiger partial charge in [-0.15, -0.1) is 0 Å². The molecule has 5 nitrogen and oxygen atoms in total. The number of ketones is 1. The number of benzene rings is 1. The topological polar surface area (TPSA) is 78.6 Å². The molecule has 6 heteroatoms. The molecule has 24 heavy (non-hydrogen) atoms. The molecule has 3 aromatic rings. The fourth-order valence-electron chi connectivity index (χ4n) is 2.49. The number of hydrogen-bond donors (Lipinski definition) is 2. The van der Waals surface area contributed by atoms with E-state index in [4.69, 9.17) is 0 Å². The van der Waals surface area contributed by atoms with Gasteiger partial charge in [-0.05, 0) is 35.0 Å². The molecule has 2 N–H and O–H groups in total. The summed E-state index contributed by atoms with van der Waals surface area (Å²) in [4.78, 5) is 26.9. The first-order chi connectivity index (χ1) is 11.5. The summed E-state index contributed by atoms with van der Waals surface area (Å²) in [7, 11) is 0. The zero-order valence-corrected chi connectivity index (χ0v) is 14.8. The Morgan fingerprint density at radius 1 is 1.17 bits per heavy atom. The van der Waals surface area contributed by atoms with Gasteiger partial charge in [0.25, 0.3) is 5.56 Å². The average Bonchev–Trinajstić information content (AvgIpc) is 2.97. The number of aromatic nitrogens is 3. The van der Waals surface area contributed by atoms with Crippen LogP contribution in [0.5, 0.6) is 0 Å². The van der Waals surface area contributed by atoms with Gasteiger partial charge in [-0.3, -0.25) is 9.59 Å². The van der Waals surface area contributed by atoms with E-state index < -0.39 is 0 Å². The van der Waals surface area contributed by atoms with Crippen LogP contribution in [0.1, 0.15) is 45.8 Å². The van der Waals surface area contributed by atoms with Gasteiger partial charge in [-0.2, -0.15) is 5.10 Å². The molecule has 2 heterocycles. The molecule has 122 valence electrons. The van der Waals surface area contributed by atoms with Crippen molar-refractivity contribution in [1.29, 1.82) is 0 Å². The lowest BCUT2D eigenvalue weighted by Gasteiger charge is -2.09. The summed E-state index contributed by atoms with van der Waals surface area (Å²) in [6.07, 6.45) is 0. The molecule has 0 fully saturated rings. The summed E-state index contributed by atoms with van der Waals surface area (Å²) in [6.45, 7) is 3.94. The highest BCUT2D eigenvalue weighted by atomic mass is 79.9. The third kappa shape index (κ3) is 3.23. The molecular formula is C18H16BrN3O2. The van der Waals surface area contributed by atoms with Gasteiger partial charge < -0.3 is 4.98 Å². The number of halogens is 1. The number of H-pyrrole nitrogens is 2. The van der Waals surface area contributed by atoms with E-state index in [2.05, 4.69) is 31.1 Å². The Bertz CT molecular complexity index is 921. The Morgan fingerprint density at radius 2 is 1.88 bits per heavy atom. The maximum atomic E-state index is 12.6. The highest BCUT2D eigenvalue weighted by molar-refractivity contribution is 9.10. The first-order valence-corrected chi connectivity index (χ1v) is 8.30. The summed E-state index contributed by atoms with van der Waals surface area (Å²) in [5.74, 6) is -0.167. The molecule has 0 spiro atoms. The minimum Gasteiger partial charge on any atom is -0.354 e. The van der Waals surface area contributed by atoms with Crippen LogP contribution >= 0.6 is 15.9 Å². The van der Waals surface area contributed by atoms with Crippen LogP contribution < -0.4 is 5.56 Å². The summed E-state index contributed by atoms with van der Waals surface area (Å²) in [5.41, 5.74) is 3.56. The van der Waals surface area contributed by atoms with E-state index in [-0.39, 0.29) is 17.3 Å². The zero-order chi connectivity index (χ0) is 17.3. The average molecular weight is 386 g/mol. The van der Waals surface area contributed by atoms with Crippen molar-refractivity contribution in [3.05, 3.63) is 85.5 Å². The number of nitrogens with one attached hydrogen (secondary N) is 2. The van der Waals surface area contributed by atoms with Gasteiger partial charge in [0.1, 0.15) is 0 Å². The van der Waals surface area contributed by atoms with Crippen molar-refractivity contribution in [3.63, 3.8) is 0 Å². The monoisotopic (exact) mass is 385 g/mol. The van der Waals surface area contributed by atoms with Crippen LogP contribution in [-0.2, 0) is 0 Å². The second-order valence-corrected chi connectivity index (χ2v) is 6.56. The Labute approximate surface area is 147 Å². The van der Waals surface area contributed by atoms with Crippen LogP contribution in [0, 0.1) is 6.92 Å². The van der Waals surface area contributed by atoms with Crippen LogP contribution in [0.15, 0.2) is 51.7 Å². The number of hydrogen-bond acceptors (Lipinski definition) is 3. The van der Waals surface area contributed by atoms with Gasteiger partial charge >= 0.3 is 0 Å². The Morgan fingerprint density at radius 3 is 2.50 bits per heavy atom. The van der Waals surface area contributed by atoms with E-state index >= 15 is 0 Å². The lowest BCUT2D eigenvalue weighted by molar-refractivity contribution is 0.103. The molecule has 1 unspecified atom stereocenters. The van der Waals surface area contributed by atoms with Crippen molar-refractivity contribution in [2.45, 2.75) is 19.8 Å². The maximum Gasteiger partial charge on any atom is 0.264 e. The van der Waals surface area contributed by atoms with Crippen LogP contribution in [0.4, 0.5) is 0 Å². The third-order valence-corrected chi connectivity index (χ3v) is 4.59. The smallest absolute Gasteiger partial charge is 0.264 e. The maximum absolute atomic E-state index is 12.6. The van der Waals surface area contributed by atoms with E-state index in [1.165, 1.54) is 6.07 Å². The van der Waals surface area contributed by atoms with E-state index in [1.54, 1.807) is 12.1 Å². The van der Waals surface area contributed by atoms with Crippen molar-refractivity contribution in [3.8, 4) is 0 Å². The standard InChI is InChI=1S/C18H16BrN3O2/c1-10-3-5-12(6-4-10)18(24)15-9-13(19)17(20-15)11(2)14-7-8-16(23)22-21-14/h3-9,11,20H,1-2H3,(H,22,23). The molecule has 0 saturated carbocycles. The molecule has 0 aliphatic heterocycles. The minimum absolute atomic E-state index is 0.0661. The van der Waals surface area contributed by atoms with Crippen molar-refractivity contribution < 1.29 is 4.79 Å². The van der Waals surface area contributed by atoms with Crippen molar-refractivity contribution in [2.24, 2.45) is 0 Å². The molecule has 1 aromatic carbocycles. The molecule has 1 atom stereocenters. The van der Waals surface area contributed by atoms with Crippen molar-refractivity contribution in [2.75, 3.05) is 0 Å². The minimum atomic E-state index is -0.244. The molecule has 0 aliphatic carbocycles. The molecule has 0 saturated heterocycles. The Hall–Kier alpha value is -2.47. The van der Waals surface area contributed by atoms with Gasteiger partial charge in [0.2, 0.25) is 5.78 Å². The fraction of sp³-hybridized carbons (Fsp3) is 0.167. The number of rotatable bonds is 4. The number of carbonyl (C=O) groups excluding carboxylic acids is 1. The summed E-state index contributed by atoms with van der Waals surface area (Å²) >= 11 is 3.50. The van der Waals surface area contributed by atoms with Gasteiger partial charge in [-0.1, -0.05) is 36.8 Å². The Balaban J connectivity index is 1.92. The predicted molar refractivity (Wildman–Crippen MR) is 95.5 cm³/mol. The van der Waals surface area contributed by atoms with Crippen LogP contribution in [0.2, 0.25) is 0 Å². The van der Waals surface area contributed by atoms with E-state index in [9.17, 15) is 9.59 Å². The second-order valence-electron chi connectivity index (χ2n) is 5.71. The van der Waals surface area contributed by atoms with E-state index in [1.807, 2.05) is 38.1 Å². The quantitative estimate of drug-likeness (QED) is 0.673. The lowest BCUT2D eigenvalue weighted by Crippen LogP contribution is -2.10. The number of aryl methyl sites for hydroxylation is 1. The fourth-order valence-corrected chi connectivity index (χ4v) is 3.16. The predicted octanol–water partition coefficient (Wildman–Crippen LogP) is 3.55. The second kappa shape index (κ2) is 6.57. The van der Waals surface area contributed by atoms with Crippen LogP contribution in [0.3, 0.4) is 0 Å². The highest BCUT2D eigenvalue weighted by Gasteiger charge is 2.19. The first kappa shape index (κ1) is 16.4. The lowest BCUT2D eigenvalue weighted by atomic mass is 10.0.